The molecule has 0 aliphatic carbocycles. The molecule has 1 rings (SSSR count). The zero-order valence-corrected chi connectivity index (χ0v) is 14.1. The van der Waals surface area contributed by atoms with Crippen LogP contribution in [0.15, 0.2) is 21.5 Å². The first-order valence-electron chi connectivity index (χ1n) is 5.60. The second kappa shape index (κ2) is 7.24. The maximum Gasteiger partial charge on any atom is 0.243 e. The standard InChI is InChI=1S/C11H14BrCl2NO3S/c1-2-3-8(16)6-15-19(17,18)11-9(13)4-7(12)5-10(11)14/h4-5,8,15-16H,2-3,6H2,1H3. The highest BCUT2D eigenvalue weighted by Crippen LogP contribution is 2.32. The highest BCUT2D eigenvalue weighted by molar-refractivity contribution is 9.10. The molecule has 0 aliphatic rings. The molecule has 8 heteroatoms. The zero-order chi connectivity index (χ0) is 14.6. The van der Waals surface area contributed by atoms with Gasteiger partial charge in [-0.15, -0.1) is 0 Å². The molecule has 108 valence electrons. The van der Waals surface area contributed by atoms with Crippen LogP contribution in [0, 0.1) is 0 Å². The molecule has 0 saturated heterocycles. The molecule has 0 spiro atoms. The number of aliphatic hydroxyl groups is 1. The van der Waals surface area contributed by atoms with E-state index >= 15 is 0 Å². The Morgan fingerprint density at radius 1 is 1.37 bits per heavy atom. The van der Waals surface area contributed by atoms with Gasteiger partial charge in [-0.3, -0.25) is 0 Å². The van der Waals surface area contributed by atoms with E-state index in [1.54, 1.807) is 0 Å². The van der Waals surface area contributed by atoms with Crippen molar-refractivity contribution < 1.29 is 13.5 Å². The van der Waals surface area contributed by atoms with Gasteiger partial charge < -0.3 is 5.11 Å². The molecule has 0 aliphatic heterocycles. The third-order valence-corrected chi connectivity index (χ3v) is 5.16. The van der Waals surface area contributed by atoms with Crippen LogP contribution in [-0.4, -0.2) is 26.2 Å². The molecular weight excluding hydrogens is 377 g/mol. The van der Waals surface area contributed by atoms with Gasteiger partial charge in [0.2, 0.25) is 10.0 Å². The molecule has 0 bridgehead atoms. The monoisotopic (exact) mass is 389 g/mol. The van der Waals surface area contributed by atoms with Gasteiger partial charge >= 0.3 is 0 Å². The topological polar surface area (TPSA) is 66.4 Å². The van der Waals surface area contributed by atoms with Crippen LogP contribution in [0.2, 0.25) is 10.0 Å². The van der Waals surface area contributed by atoms with E-state index in [0.717, 1.165) is 6.42 Å². The van der Waals surface area contributed by atoms with Gasteiger partial charge in [0.1, 0.15) is 4.90 Å². The Labute approximate surface area is 131 Å². The van der Waals surface area contributed by atoms with Crippen molar-refractivity contribution in [2.75, 3.05) is 6.54 Å². The van der Waals surface area contributed by atoms with Crippen molar-refractivity contribution in [3.05, 3.63) is 26.7 Å². The third-order valence-electron chi connectivity index (χ3n) is 2.36. The number of hydrogen-bond acceptors (Lipinski definition) is 3. The van der Waals surface area contributed by atoms with E-state index in [2.05, 4.69) is 20.7 Å². The first-order valence-corrected chi connectivity index (χ1v) is 8.63. The fourth-order valence-electron chi connectivity index (χ4n) is 1.50. The van der Waals surface area contributed by atoms with Crippen LogP contribution >= 0.6 is 39.1 Å². The van der Waals surface area contributed by atoms with E-state index in [0.29, 0.717) is 10.9 Å². The molecule has 0 aromatic heterocycles. The first kappa shape index (κ1) is 17.2. The highest BCUT2D eigenvalue weighted by Gasteiger charge is 2.22. The molecule has 0 heterocycles. The van der Waals surface area contributed by atoms with Gasteiger partial charge in [0.25, 0.3) is 0 Å². The molecule has 1 aromatic rings. The van der Waals surface area contributed by atoms with Crippen molar-refractivity contribution in [3.63, 3.8) is 0 Å². The molecule has 19 heavy (non-hydrogen) atoms. The Balaban J connectivity index is 2.95. The van der Waals surface area contributed by atoms with Crippen molar-refractivity contribution in [2.24, 2.45) is 0 Å². The zero-order valence-electron chi connectivity index (χ0n) is 10.2. The van der Waals surface area contributed by atoms with Crippen molar-refractivity contribution >= 4 is 49.2 Å². The Bertz CT molecular complexity index is 528. The predicted molar refractivity (Wildman–Crippen MR) is 80.3 cm³/mol. The van der Waals surface area contributed by atoms with E-state index in [1.165, 1.54) is 12.1 Å². The second-order valence-electron chi connectivity index (χ2n) is 3.99. The molecule has 0 radical (unpaired) electrons. The van der Waals surface area contributed by atoms with E-state index in [4.69, 9.17) is 23.2 Å². The smallest absolute Gasteiger partial charge is 0.243 e. The predicted octanol–water partition coefficient (Wildman–Crippen LogP) is 3.20. The van der Waals surface area contributed by atoms with Crippen molar-refractivity contribution in [1.82, 2.24) is 4.72 Å². The molecule has 1 atom stereocenters. The van der Waals surface area contributed by atoms with Crippen LogP contribution in [0.3, 0.4) is 0 Å². The molecule has 0 amide bonds. The van der Waals surface area contributed by atoms with Gasteiger partial charge in [0.05, 0.1) is 16.1 Å². The summed E-state index contributed by atoms with van der Waals surface area (Å²) in [6, 6.07) is 2.90. The Hall–Kier alpha value is 0.150. The molecule has 4 nitrogen and oxygen atoms in total. The van der Waals surface area contributed by atoms with E-state index in [9.17, 15) is 13.5 Å². The number of halogens is 3. The second-order valence-corrected chi connectivity index (χ2v) is 7.43. The summed E-state index contributed by atoms with van der Waals surface area (Å²) in [6.07, 6.45) is 0.556. The summed E-state index contributed by atoms with van der Waals surface area (Å²) in [5.74, 6) is 0. The molecule has 0 fully saturated rings. The molecular formula is C11H14BrCl2NO3S. The molecule has 2 N–H and O–H groups in total. The van der Waals surface area contributed by atoms with E-state index in [1.807, 2.05) is 6.92 Å². The summed E-state index contributed by atoms with van der Waals surface area (Å²) in [5.41, 5.74) is 0. The molecule has 0 saturated carbocycles. The summed E-state index contributed by atoms with van der Waals surface area (Å²) in [5, 5.41) is 9.59. The van der Waals surface area contributed by atoms with Gasteiger partial charge in [-0.05, 0) is 18.6 Å². The minimum Gasteiger partial charge on any atom is -0.392 e. The number of hydrogen-bond donors (Lipinski definition) is 2. The van der Waals surface area contributed by atoms with Crippen LogP contribution in [0.1, 0.15) is 19.8 Å². The number of aliphatic hydroxyl groups excluding tert-OH is 1. The van der Waals surface area contributed by atoms with Crippen LogP contribution in [0.4, 0.5) is 0 Å². The van der Waals surface area contributed by atoms with Gasteiger partial charge in [-0.2, -0.15) is 0 Å². The van der Waals surface area contributed by atoms with Gasteiger partial charge in [-0.1, -0.05) is 52.5 Å². The lowest BCUT2D eigenvalue weighted by atomic mass is 10.2. The minimum absolute atomic E-state index is 0.0249. The van der Waals surface area contributed by atoms with Gasteiger partial charge in [0.15, 0.2) is 0 Å². The SMILES string of the molecule is CCCC(O)CNS(=O)(=O)c1c(Cl)cc(Br)cc1Cl. The van der Waals surface area contributed by atoms with Gasteiger partial charge in [-0.25, -0.2) is 13.1 Å². The van der Waals surface area contributed by atoms with Crippen molar-refractivity contribution in [3.8, 4) is 0 Å². The summed E-state index contributed by atoms with van der Waals surface area (Å²) in [4.78, 5) is -0.178. The number of rotatable bonds is 6. The fourth-order valence-corrected chi connectivity index (χ4v) is 4.50. The Kier molecular flexibility index (Phi) is 6.56. The summed E-state index contributed by atoms with van der Waals surface area (Å²) < 4.78 is 27.1. The lowest BCUT2D eigenvalue weighted by Gasteiger charge is -2.13. The average molecular weight is 391 g/mol. The number of sulfonamides is 1. The fraction of sp³-hybridized carbons (Fsp3) is 0.455. The van der Waals surface area contributed by atoms with E-state index in [-0.39, 0.29) is 21.5 Å². The summed E-state index contributed by atoms with van der Waals surface area (Å²) in [6.45, 7) is 1.83. The van der Waals surface area contributed by atoms with Crippen LogP contribution in [-0.2, 0) is 10.0 Å². The van der Waals surface area contributed by atoms with E-state index < -0.39 is 16.1 Å². The Morgan fingerprint density at radius 2 is 1.89 bits per heavy atom. The highest BCUT2D eigenvalue weighted by atomic mass is 79.9. The minimum atomic E-state index is -3.85. The normalized spacial score (nSPS) is 13.5. The van der Waals surface area contributed by atoms with Crippen molar-refractivity contribution in [1.29, 1.82) is 0 Å². The molecule has 1 unspecified atom stereocenters. The maximum absolute atomic E-state index is 12.1. The summed E-state index contributed by atoms with van der Waals surface area (Å²) in [7, 11) is -3.85. The first-order chi connectivity index (χ1) is 8.77. The van der Waals surface area contributed by atoms with Crippen molar-refractivity contribution in [2.45, 2.75) is 30.8 Å². The Morgan fingerprint density at radius 3 is 2.37 bits per heavy atom. The van der Waals surface area contributed by atoms with Crippen LogP contribution in [0.25, 0.3) is 0 Å². The van der Waals surface area contributed by atoms with Crippen LogP contribution < -0.4 is 4.72 Å². The summed E-state index contributed by atoms with van der Waals surface area (Å²) >= 11 is 15.0. The van der Waals surface area contributed by atoms with Gasteiger partial charge in [0, 0.05) is 11.0 Å². The van der Waals surface area contributed by atoms with Crippen LogP contribution in [0.5, 0.6) is 0 Å². The number of benzene rings is 1. The lowest BCUT2D eigenvalue weighted by molar-refractivity contribution is 0.167. The third kappa shape index (κ3) is 4.88. The number of nitrogens with one attached hydrogen (secondary N) is 1. The average Bonchev–Trinajstić information content (AvgIpc) is 2.25. The molecule has 1 aromatic carbocycles. The largest absolute Gasteiger partial charge is 0.392 e. The maximum atomic E-state index is 12.1. The quantitative estimate of drug-likeness (QED) is 0.783. The lowest BCUT2D eigenvalue weighted by Crippen LogP contribution is -2.32.